The third-order valence-corrected chi connectivity index (χ3v) is 3.83. The van der Waals surface area contributed by atoms with Gasteiger partial charge in [-0.1, -0.05) is 18.2 Å². The van der Waals surface area contributed by atoms with Crippen molar-refractivity contribution in [1.82, 2.24) is 4.98 Å². The van der Waals surface area contributed by atoms with E-state index in [1.165, 1.54) is 11.3 Å². The summed E-state index contributed by atoms with van der Waals surface area (Å²) in [4.78, 5) is 6.49. The van der Waals surface area contributed by atoms with Crippen LogP contribution in [0.15, 0.2) is 42.7 Å². The molecule has 0 amide bonds. The molecule has 19 heavy (non-hydrogen) atoms. The van der Waals surface area contributed by atoms with E-state index in [1.54, 1.807) is 6.20 Å². The molecule has 0 fully saturated rings. The zero-order chi connectivity index (χ0) is 13.4. The molecule has 0 radical (unpaired) electrons. The number of pyridine rings is 1. The fourth-order valence-electron chi connectivity index (χ4n) is 2.86. The number of rotatable bonds is 2. The van der Waals surface area contributed by atoms with Crippen LogP contribution >= 0.6 is 0 Å². The molecule has 1 aromatic heterocycles. The maximum Gasteiger partial charge on any atom is 0.0747 e. The summed E-state index contributed by atoms with van der Waals surface area (Å²) in [5, 5.41) is 0. The summed E-state index contributed by atoms with van der Waals surface area (Å²) < 4.78 is 0. The Morgan fingerprint density at radius 3 is 2.79 bits per heavy atom. The monoisotopic (exact) mass is 254 g/mol. The van der Waals surface area contributed by atoms with Gasteiger partial charge in [0, 0.05) is 31.7 Å². The zero-order valence-corrected chi connectivity index (χ0v) is 11.0. The SMILES string of the molecule is CN1c2ccccc2C(N)C1c1cncc(CN)c1. The molecule has 2 heterocycles. The van der Waals surface area contributed by atoms with E-state index in [0.717, 1.165) is 11.1 Å². The number of likely N-dealkylation sites (N-methyl/N-ethyl adjacent to an activating group) is 1. The fraction of sp³-hybridized carbons (Fsp3) is 0.267. The van der Waals surface area contributed by atoms with E-state index < -0.39 is 0 Å². The van der Waals surface area contributed by atoms with E-state index in [2.05, 4.69) is 35.1 Å². The highest BCUT2D eigenvalue weighted by molar-refractivity contribution is 5.62. The number of para-hydroxylation sites is 1. The Morgan fingerprint density at radius 1 is 1.26 bits per heavy atom. The summed E-state index contributed by atoms with van der Waals surface area (Å²) in [6.45, 7) is 0.499. The molecule has 0 bridgehead atoms. The van der Waals surface area contributed by atoms with Crippen molar-refractivity contribution in [3.8, 4) is 0 Å². The Labute approximate surface area is 113 Å². The predicted octanol–water partition coefficient (Wildman–Crippen LogP) is 1.73. The van der Waals surface area contributed by atoms with Gasteiger partial charge in [0.1, 0.15) is 0 Å². The standard InChI is InChI=1S/C15H18N4/c1-19-13-5-3-2-4-12(13)14(17)15(19)11-6-10(7-16)8-18-9-11/h2-6,8-9,14-15H,7,16-17H2,1H3. The Morgan fingerprint density at radius 2 is 2.05 bits per heavy atom. The van der Waals surface area contributed by atoms with Gasteiger partial charge in [0.25, 0.3) is 0 Å². The van der Waals surface area contributed by atoms with Crippen LogP contribution in [0.25, 0.3) is 0 Å². The minimum Gasteiger partial charge on any atom is -0.365 e. The maximum atomic E-state index is 6.40. The van der Waals surface area contributed by atoms with Gasteiger partial charge in [-0.05, 0) is 28.8 Å². The van der Waals surface area contributed by atoms with Crippen molar-refractivity contribution < 1.29 is 0 Å². The summed E-state index contributed by atoms with van der Waals surface area (Å²) in [5.74, 6) is 0. The first-order valence-electron chi connectivity index (χ1n) is 6.43. The van der Waals surface area contributed by atoms with Crippen molar-refractivity contribution in [2.24, 2.45) is 11.5 Å². The molecule has 1 aliphatic rings. The minimum atomic E-state index is -0.0315. The third kappa shape index (κ3) is 1.89. The van der Waals surface area contributed by atoms with Crippen LogP contribution in [0, 0.1) is 0 Å². The topological polar surface area (TPSA) is 68.2 Å². The lowest BCUT2D eigenvalue weighted by Gasteiger charge is -2.25. The van der Waals surface area contributed by atoms with Crippen molar-refractivity contribution in [2.45, 2.75) is 18.6 Å². The lowest BCUT2D eigenvalue weighted by Crippen LogP contribution is -2.26. The van der Waals surface area contributed by atoms with Gasteiger partial charge in [0.2, 0.25) is 0 Å². The first-order chi connectivity index (χ1) is 9.22. The van der Waals surface area contributed by atoms with Crippen molar-refractivity contribution in [3.05, 3.63) is 59.4 Å². The average molecular weight is 254 g/mol. The molecular formula is C15H18N4. The zero-order valence-electron chi connectivity index (χ0n) is 11.0. The van der Waals surface area contributed by atoms with Crippen LogP contribution in [0.3, 0.4) is 0 Å². The molecule has 98 valence electrons. The maximum absolute atomic E-state index is 6.40. The number of benzene rings is 1. The van der Waals surface area contributed by atoms with Crippen LogP contribution in [0.5, 0.6) is 0 Å². The van der Waals surface area contributed by atoms with E-state index in [-0.39, 0.29) is 12.1 Å². The number of aromatic nitrogens is 1. The first kappa shape index (κ1) is 12.1. The summed E-state index contributed by atoms with van der Waals surface area (Å²) in [6, 6.07) is 10.5. The van der Waals surface area contributed by atoms with E-state index >= 15 is 0 Å². The molecule has 0 saturated carbocycles. The number of hydrogen-bond donors (Lipinski definition) is 2. The van der Waals surface area contributed by atoms with Crippen LogP contribution in [-0.4, -0.2) is 12.0 Å². The lowest BCUT2D eigenvalue weighted by molar-refractivity contribution is 0.586. The summed E-state index contributed by atoms with van der Waals surface area (Å²) in [7, 11) is 2.07. The van der Waals surface area contributed by atoms with Gasteiger partial charge in [0.15, 0.2) is 0 Å². The molecule has 0 spiro atoms. The summed E-state index contributed by atoms with van der Waals surface area (Å²) in [5.41, 5.74) is 16.6. The van der Waals surface area contributed by atoms with Gasteiger partial charge in [-0.15, -0.1) is 0 Å². The Balaban J connectivity index is 2.03. The molecular weight excluding hydrogens is 236 g/mol. The van der Waals surface area contributed by atoms with E-state index in [9.17, 15) is 0 Å². The number of nitrogens with two attached hydrogens (primary N) is 2. The third-order valence-electron chi connectivity index (χ3n) is 3.83. The first-order valence-corrected chi connectivity index (χ1v) is 6.43. The van der Waals surface area contributed by atoms with Gasteiger partial charge < -0.3 is 16.4 Å². The summed E-state index contributed by atoms with van der Waals surface area (Å²) >= 11 is 0. The Hall–Kier alpha value is -1.91. The second-order valence-electron chi connectivity index (χ2n) is 4.97. The fourth-order valence-corrected chi connectivity index (χ4v) is 2.86. The molecule has 1 aliphatic heterocycles. The van der Waals surface area contributed by atoms with E-state index in [4.69, 9.17) is 11.5 Å². The van der Waals surface area contributed by atoms with Crippen LogP contribution < -0.4 is 16.4 Å². The highest BCUT2D eigenvalue weighted by Gasteiger charge is 2.34. The van der Waals surface area contributed by atoms with Crippen LogP contribution in [-0.2, 0) is 6.54 Å². The van der Waals surface area contributed by atoms with Gasteiger partial charge in [0.05, 0.1) is 12.1 Å². The molecule has 4 heteroatoms. The van der Waals surface area contributed by atoms with Crippen molar-refractivity contribution in [1.29, 1.82) is 0 Å². The second kappa shape index (κ2) is 4.64. The number of anilines is 1. The molecule has 4 nitrogen and oxygen atoms in total. The number of fused-ring (bicyclic) bond motifs is 1. The van der Waals surface area contributed by atoms with Crippen molar-refractivity contribution in [2.75, 3.05) is 11.9 Å². The highest BCUT2D eigenvalue weighted by atomic mass is 15.2. The number of nitrogens with zero attached hydrogens (tertiary/aromatic N) is 2. The van der Waals surface area contributed by atoms with Crippen molar-refractivity contribution in [3.63, 3.8) is 0 Å². The highest BCUT2D eigenvalue weighted by Crippen LogP contribution is 2.44. The Kier molecular flexibility index (Phi) is 2.97. The molecule has 0 aliphatic carbocycles. The molecule has 2 unspecified atom stereocenters. The van der Waals surface area contributed by atoms with Gasteiger partial charge in [-0.25, -0.2) is 0 Å². The van der Waals surface area contributed by atoms with E-state index in [1.807, 2.05) is 18.3 Å². The number of hydrogen-bond acceptors (Lipinski definition) is 4. The summed E-state index contributed by atoms with van der Waals surface area (Å²) in [6.07, 6.45) is 3.68. The normalized spacial score (nSPS) is 21.5. The van der Waals surface area contributed by atoms with Crippen molar-refractivity contribution >= 4 is 5.69 Å². The largest absolute Gasteiger partial charge is 0.365 e. The molecule has 1 aromatic carbocycles. The smallest absolute Gasteiger partial charge is 0.0747 e. The molecule has 4 N–H and O–H groups in total. The van der Waals surface area contributed by atoms with E-state index in [0.29, 0.717) is 6.54 Å². The predicted molar refractivity (Wildman–Crippen MR) is 76.6 cm³/mol. The lowest BCUT2D eigenvalue weighted by atomic mass is 9.98. The van der Waals surface area contributed by atoms with Gasteiger partial charge >= 0.3 is 0 Å². The molecule has 0 saturated heterocycles. The van der Waals surface area contributed by atoms with Crippen LogP contribution in [0.1, 0.15) is 28.8 Å². The van der Waals surface area contributed by atoms with Crippen LogP contribution in [0.2, 0.25) is 0 Å². The Bertz CT molecular complexity index is 567. The second-order valence-corrected chi connectivity index (χ2v) is 4.97. The molecule has 3 rings (SSSR count). The molecule has 2 aromatic rings. The van der Waals surface area contributed by atoms with Crippen LogP contribution in [0.4, 0.5) is 5.69 Å². The average Bonchev–Trinajstić information content (AvgIpc) is 2.72. The quantitative estimate of drug-likeness (QED) is 0.856. The minimum absolute atomic E-state index is 0.0315. The van der Waals surface area contributed by atoms with Gasteiger partial charge in [-0.3, -0.25) is 4.98 Å². The molecule has 2 atom stereocenters. The van der Waals surface area contributed by atoms with Gasteiger partial charge in [-0.2, -0.15) is 0 Å².